The van der Waals surface area contributed by atoms with Crippen molar-refractivity contribution in [3.63, 3.8) is 0 Å². The second-order valence-corrected chi connectivity index (χ2v) is 7.01. The molecule has 1 aromatic rings. The summed E-state index contributed by atoms with van der Waals surface area (Å²) in [6.45, 7) is 0.140. The lowest BCUT2D eigenvalue weighted by atomic mass is 9.62. The standard InChI is InChI=1S/C12H15F2NO2S/c1-18(16,17)10-4-2-9(3-5-10)11(8-15)6-12(13,14)7-11/h2-5H,6-8,15H2,1H3. The van der Waals surface area contributed by atoms with Gasteiger partial charge in [0.25, 0.3) is 0 Å². The van der Waals surface area contributed by atoms with Crippen LogP contribution in [-0.2, 0) is 15.3 Å². The molecule has 1 aliphatic rings. The van der Waals surface area contributed by atoms with E-state index in [1.807, 2.05) is 0 Å². The zero-order valence-electron chi connectivity index (χ0n) is 9.99. The van der Waals surface area contributed by atoms with Gasteiger partial charge in [0.1, 0.15) is 0 Å². The van der Waals surface area contributed by atoms with Crippen LogP contribution in [0, 0.1) is 0 Å². The van der Waals surface area contributed by atoms with Crippen molar-refractivity contribution < 1.29 is 17.2 Å². The van der Waals surface area contributed by atoms with E-state index in [2.05, 4.69) is 0 Å². The molecule has 0 radical (unpaired) electrons. The van der Waals surface area contributed by atoms with E-state index in [4.69, 9.17) is 5.73 Å². The number of hydrogen-bond acceptors (Lipinski definition) is 3. The minimum absolute atomic E-state index is 0.140. The second kappa shape index (κ2) is 3.99. The number of sulfone groups is 1. The minimum atomic E-state index is -3.26. The average molecular weight is 275 g/mol. The number of hydrogen-bond donors (Lipinski definition) is 1. The van der Waals surface area contributed by atoms with Crippen LogP contribution in [0.2, 0.25) is 0 Å². The molecule has 1 saturated carbocycles. The minimum Gasteiger partial charge on any atom is -0.330 e. The summed E-state index contributed by atoms with van der Waals surface area (Å²) in [5, 5.41) is 0. The van der Waals surface area contributed by atoms with Gasteiger partial charge in [-0.3, -0.25) is 0 Å². The number of halogens is 2. The lowest BCUT2D eigenvalue weighted by Gasteiger charge is -2.47. The molecule has 0 amide bonds. The van der Waals surface area contributed by atoms with Gasteiger partial charge in [-0.25, -0.2) is 17.2 Å². The van der Waals surface area contributed by atoms with Crippen LogP contribution in [0.1, 0.15) is 18.4 Å². The Balaban J connectivity index is 2.30. The zero-order valence-corrected chi connectivity index (χ0v) is 10.8. The zero-order chi connectivity index (χ0) is 13.6. The Hall–Kier alpha value is -1.01. The van der Waals surface area contributed by atoms with Crippen LogP contribution >= 0.6 is 0 Å². The Kier molecular flexibility index (Phi) is 2.98. The van der Waals surface area contributed by atoms with Crippen LogP contribution in [-0.4, -0.2) is 27.1 Å². The lowest BCUT2D eigenvalue weighted by molar-refractivity contribution is -0.123. The van der Waals surface area contributed by atoms with E-state index in [1.165, 1.54) is 12.1 Å². The maximum Gasteiger partial charge on any atom is 0.250 e. The molecule has 0 aliphatic heterocycles. The van der Waals surface area contributed by atoms with E-state index in [0.717, 1.165) is 6.26 Å². The Morgan fingerprint density at radius 1 is 1.22 bits per heavy atom. The summed E-state index contributed by atoms with van der Waals surface area (Å²) < 4.78 is 48.7. The summed E-state index contributed by atoms with van der Waals surface area (Å²) in [7, 11) is -3.26. The monoisotopic (exact) mass is 275 g/mol. The van der Waals surface area contributed by atoms with Gasteiger partial charge < -0.3 is 5.73 Å². The molecular weight excluding hydrogens is 260 g/mol. The summed E-state index contributed by atoms with van der Waals surface area (Å²) in [5.74, 6) is -2.66. The fourth-order valence-corrected chi connectivity index (χ4v) is 3.09. The smallest absolute Gasteiger partial charge is 0.250 e. The molecule has 0 aromatic heterocycles. The SMILES string of the molecule is CS(=O)(=O)c1ccc(C2(CN)CC(F)(F)C2)cc1. The third-order valence-corrected chi connectivity index (χ3v) is 4.61. The molecule has 1 aliphatic carbocycles. The van der Waals surface area contributed by atoms with Gasteiger partial charge in [0.2, 0.25) is 5.92 Å². The molecule has 6 heteroatoms. The van der Waals surface area contributed by atoms with E-state index in [0.29, 0.717) is 5.56 Å². The maximum atomic E-state index is 13.0. The first kappa shape index (κ1) is 13.4. The van der Waals surface area contributed by atoms with Gasteiger partial charge in [0, 0.05) is 31.1 Å². The molecule has 18 heavy (non-hydrogen) atoms. The summed E-state index contributed by atoms with van der Waals surface area (Å²) in [5.41, 5.74) is 5.57. The van der Waals surface area contributed by atoms with Gasteiger partial charge in [-0.15, -0.1) is 0 Å². The topological polar surface area (TPSA) is 60.2 Å². The predicted molar refractivity (Wildman–Crippen MR) is 64.5 cm³/mol. The van der Waals surface area contributed by atoms with Gasteiger partial charge in [-0.2, -0.15) is 0 Å². The van der Waals surface area contributed by atoms with E-state index in [-0.39, 0.29) is 24.3 Å². The Morgan fingerprint density at radius 3 is 2.06 bits per heavy atom. The van der Waals surface area contributed by atoms with Crippen molar-refractivity contribution in [1.29, 1.82) is 0 Å². The maximum absolute atomic E-state index is 13.0. The highest BCUT2D eigenvalue weighted by molar-refractivity contribution is 7.90. The van der Waals surface area contributed by atoms with Crippen molar-refractivity contribution in [1.82, 2.24) is 0 Å². The largest absolute Gasteiger partial charge is 0.330 e. The molecule has 1 fully saturated rings. The van der Waals surface area contributed by atoms with Crippen LogP contribution in [0.4, 0.5) is 8.78 Å². The molecule has 0 bridgehead atoms. The van der Waals surface area contributed by atoms with E-state index in [1.54, 1.807) is 12.1 Å². The molecule has 2 N–H and O–H groups in total. The van der Waals surface area contributed by atoms with Crippen LogP contribution in [0.15, 0.2) is 29.2 Å². The quantitative estimate of drug-likeness (QED) is 0.913. The van der Waals surface area contributed by atoms with Crippen molar-refractivity contribution in [2.24, 2.45) is 5.73 Å². The summed E-state index contributed by atoms with van der Waals surface area (Å²) in [6, 6.07) is 6.05. The third-order valence-electron chi connectivity index (χ3n) is 3.48. The third kappa shape index (κ3) is 2.27. The highest BCUT2D eigenvalue weighted by atomic mass is 32.2. The molecule has 2 rings (SSSR count). The molecule has 100 valence electrons. The second-order valence-electron chi connectivity index (χ2n) is 4.99. The summed E-state index contributed by atoms with van der Waals surface area (Å²) >= 11 is 0. The van der Waals surface area contributed by atoms with Gasteiger partial charge in [-0.1, -0.05) is 12.1 Å². The first-order chi connectivity index (χ1) is 8.19. The Morgan fingerprint density at radius 2 is 1.72 bits per heavy atom. The van der Waals surface area contributed by atoms with Crippen LogP contribution in [0.25, 0.3) is 0 Å². The number of alkyl halides is 2. The number of rotatable bonds is 3. The number of nitrogens with two attached hydrogens (primary N) is 1. The Labute approximate surface area is 105 Å². The Bertz CT molecular complexity index is 544. The van der Waals surface area contributed by atoms with Crippen molar-refractivity contribution >= 4 is 9.84 Å². The molecule has 0 unspecified atom stereocenters. The van der Waals surface area contributed by atoms with Crippen LogP contribution < -0.4 is 5.73 Å². The van der Waals surface area contributed by atoms with E-state index in [9.17, 15) is 17.2 Å². The van der Waals surface area contributed by atoms with Gasteiger partial charge in [0.05, 0.1) is 4.90 Å². The highest BCUT2D eigenvalue weighted by Gasteiger charge is 2.56. The molecule has 0 atom stereocenters. The van der Waals surface area contributed by atoms with Crippen molar-refractivity contribution in [3.05, 3.63) is 29.8 Å². The lowest BCUT2D eigenvalue weighted by Crippen LogP contribution is -2.53. The predicted octanol–water partition coefficient (Wildman–Crippen LogP) is 1.72. The fourth-order valence-electron chi connectivity index (χ4n) is 2.46. The molecule has 1 aromatic carbocycles. The molecule has 0 spiro atoms. The first-order valence-electron chi connectivity index (χ1n) is 5.57. The molecular formula is C12H15F2NO2S. The fraction of sp³-hybridized carbons (Fsp3) is 0.500. The van der Waals surface area contributed by atoms with Crippen LogP contribution in [0.5, 0.6) is 0 Å². The van der Waals surface area contributed by atoms with E-state index < -0.39 is 21.2 Å². The number of benzene rings is 1. The van der Waals surface area contributed by atoms with Crippen LogP contribution in [0.3, 0.4) is 0 Å². The highest BCUT2D eigenvalue weighted by Crippen LogP contribution is 2.52. The first-order valence-corrected chi connectivity index (χ1v) is 7.46. The normalized spacial score (nSPS) is 21.3. The summed E-state index contributed by atoms with van der Waals surface area (Å²) in [4.78, 5) is 0.185. The summed E-state index contributed by atoms with van der Waals surface area (Å²) in [6.07, 6.45) is 0.571. The van der Waals surface area contributed by atoms with Gasteiger partial charge >= 0.3 is 0 Å². The molecule has 0 saturated heterocycles. The molecule has 0 heterocycles. The van der Waals surface area contributed by atoms with Crippen molar-refractivity contribution in [3.8, 4) is 0 Å². The van der Waals surface area contributed by atoms with Gasteiger partial charge in [-0.05, 0) is 17.7 Å². The van der Waals surface area contributed by atoms with Crippen molar-refractivity contribution in [2.75, 3.05) is 12.8 Å². The molecule has 3 nitrogen and oxygen atoms in total. The average Bonchev–Trinajstić information content (AvgIpc) is 2.24. The van der Waals surface area contributed by atoms with Gasteiger partial charge in [0.15, 0.2) is 9.84 Å². The van der Waals surface area contributed by atoms with E-state index >= 15 is 0 Å². The van der Waals surface area contributed by atoms with Crippen molar-refractivity contribution in [2.45, 2.75) is 29.1 Å².